The molecule has 0 saturated heterocycles. The quantitative estimate of drug-likeness (QED) is 0.505. The fraction of sp³-hybridized carbons (Fsp3) is 0.118. The molecule has 8 heteroatoms. The number of nitrogens with one attached hydrogen (secondary N) is 1. The van der Waals surface area contributed by atoms with Crippen molar-refractivity contribution >= 4 is 23.5 Å². The molecule has 25 heavy (non-hydrogen) atoms. The maximum atomic E-state index is 11.9. The number of rotatable bonds is 5. The van der Waals surface area contributed by atoms with Gasteiger partial charge in [-0.2, -0.15) is 0 Å². The van der Waals surface area contributed by atoms with Crippen molar-refractivity contribution in [1.82, 2.24) is 5.32 Å². The summed E-state index contributed by atoms with van der Waals surface area (Å²) in [5, 5.41) is 12.8. The monoisotopic (exact) mass is 342 g/mol. The molecule has 0 heterocycles. The highest BCUT2D eigenvalue weighted by molar-refractivity contribution is 6.05. The number of nitro benzene ring substituents is 1. The lowest BCUT2D eigenvalue weighted by Gasteiger charge is -2.06. The predicted molar refractivity (Wildman–Crippen MR) is 87.0 cm³/mol. The number of nitrogens with zero attached hydrogens (tertiary/aromatic N) is 1. The normalized spacial score (nSPS) is 9.96. The first-order valence-corrected chi connectivity index (χ1v) is 7.20. The average molecular weight is 342 g/mol. The molecule has 8 nitrogen and oxygen atoms in total. The van der Waals surface area contributed by atoms with E-state index >= 15 is 0 Å². The Morgan fingerprint density at radius 1 is 1.08 bits per heavy atom. The zero-order chi connectivity index (χ0) is 18.4. The topological polar surface area (TPSA) is 116 Å². The van der Waals surface area contributed by atoms with Crippen molar-refractivity contribution in [2.45, 2.75) is 6.92 Å². The van der Waals surface area contributed by atoms with Crippen LogP contribution in [-0.2, 0) is 9.53 Å². The van der Waals surface area contributed by atoms with Crippen LogP contribution in [0.2, 0.25) is 0 Å². The van der Waals surface area contributed by atoms with Gasteiger partial charge >= 0.3 is 5.97 Å². The third-order valence-corrected chi connectivity index (χ3v) is 3.25. The lowest BCUT2D eigenvalue weighted by atomic mass is 10.1. The number of carbonyl (C=O) groups is 3. The highest BCUT2D eigenvalue weighted by atomic mass is 16.6. The molecule has 2 rings (SSSR count). The van der Waals surface area contributed by atoms with E-state index in [1.807, 2.05) is 0 Å². The summed E-state index contributed by atoms with van der Waals surface area (Å²) in [5.74, 6) is -2.20. The molecule has 2 aromatic rings. The Morgan fingerprint density at radius 3 is 2.36 bits per heavy atom. The standard InChI is InChI=1S/C17H14N2O6/c1-11-9-13(7-8-14(11)19(23)24)17(22)25-10-15(20)18-16(21)12-5-3-2-4-6-12/h2-9H,10H2,1H3,(H,18,20,21). The van der Waals surface area contributed by atoms with Crippen molar-refractivity contribution < 1.29 is 24.0 Å². The van der Waals surface area contributed by atoms with Gasteiger partial charge in [0, 0.05) is 17.2 Å². The van der Waals surface area contributed by atoms with Crippen molar-refractivity contribution in [3.8, 4) is 0 Å². The van der Waals surface area contributed by atoms with Crippen molar-refractivity contribution in [1.29, 1.82) is 0 Å². The minimum atomic E-state index is -0.819. The van der Waals surface area contributed by atoms with E-state index in [-0.39, 0.29) is 11.3 Å². The number of benzene rings is 2. The molecule has 0 bridgehead atoms. The number of hydrogen-bond donors (Lipinski definition) is 1. The van der Waals surface area contributed by atoms with Crippen molar-refractivity contribution in [2.24, 2.45) is 0 Å². The Morgan fingerprint density at radius 2 is 1.76 bits per heavy atom. The summed E-state index contributed by atoms with van der Waals surface area (Å²) in [6, 6.07) is 11.8. The van der Waals surface area contributed by atoms with Crippen LogP contribution in [0.5, 0.6) is 0 Å². The van der Waals surface area contributed by atoms with Gasteiger partial charge in [0.15, 0.2) is 6.61 Å². The van der Waals surface area contributed by atoms with Crippen LogP contribution >= 0.6 is 0 Å². The summed E-state index contributed by atoms with van der Waals surface area (Å²) in [6.45, 7) is 0.841. The highest BCUT2D eigenvalue weighted by Gasteiger charge is 2.16. The van der Waals surface area contributed by atoms with Gasteiger partial charge in [-0.25, -0.2) is 4.79 Å². The van der Waals surface area contributed by atoms with Gasteiger partial charge in [0.2, 0.25) is 0 Å². The van der Waals surface area contributed by atoms with Gasteiger partial charge in [0.05, 0.1) is 10.5 Å². The van der Waals surface area contributed by atoms with Crippen molar-refractivity contribution in [2.75, 3.05) is 6.61 Å². The summed E-state index contributed by atoms with van der Waals surface area (Å²) in [5.41, 5.74) is 0.546. The number of ether oxygens (including phenoxy) is 1. The summed E-state index contributed by atoms with van der Waals surface area (Å²) in [4.78, 5) is 45.5. The SMILES string of the molecule is Cc1cc(C(=O)OCC(=O)NC(=O)c2ccccc2)ccc1[N+](=O)[O-]. The summed E-state index contributed by atoms with van der Waals surface area (Å²) in [6.07, 6.45) is 0. The Balaban J connectivity index is 1.91. The summed E-state index contributed by atoms with van der Waals surface area (Å²) >= 11 is 0. The second kappa shape index (κ2) is 7.82. The van der Waals surface area contributed by atoms with E-state index in [4.69, 9.17) is 4.74 Å². The molecule has 128 valence electrons. The van der Waals surface area contributed by atoms with E-state index in [0.717, 1.165) is 0 Å². The van der Waals surface area contributed by atoms with Crippen LogP contribution in [0, 0.1) is 17.0 Å². The molecule has 0 spiro atoms. The van der Waals surface area contributed by atoms with Gasteiger partial charge in [-0.1, -0.05) is 18.2 Å². The van der Waals surface area contributed by atoms with Crippen LogP contribution < -0.4 is 5.32 Å². The zero-order valence-corrected chi connectivity index (χ0v) is 13.2. The number of aryl methyl sites for hydroxylation is 1. The van der Waals surface area contributed by atoms with Crippen LogP contribution in [0.15, 0.2) is 48.5 Å². The second-order valence-electron chi connectivity index (χ2n) is 5.08. The minimum Gasteiger partial charge on any atom is -0.452 e. The van der Waals surface area contributed by atoms with Crippen LogP contribution in [0.4, 0.5) is 5.69 Å². The lowest BCUT2D eigenvalue weighted by molar-refractivity contribution is -0.385. The molecule has 0 fully saturated rings. The fourth-order valence-electron chi connectivity index (χ4n) is 2.03. The Hall–Kier alpha value is -3.55. The van der Waals surface area contributed by atoms with Crippen LogP contribution in [-0.4, -0.2) is 29.3 Å². The predicted octanol–water partition coefficient (Wildman–Crippen LogP) is 2.02. The molecule has 1 N–H and O–H groups in total. The molecule has 2 amide bonds. The molecular weight excluding hydrogens is 328 g/mol. The Kier molecular flexibility index (Phi) is 5.57. The molecule has 0 radical (unpaired) electrons. The van der Waals surface area contributed by atoms with Crippen molar-refractivity contribution in [3.05, 3.63) is 75.3 Å². The molecule has 0 aliphatic heterocycles. The lowest BCUT2D eigenvalue weighted by Crippen LogP contribution is -2.34. The fourth-order valence-corrected chi connectivity index (χ4v) is 2.03. The number of carbonyl (C=O) groups excluding carboxylic acids is 3. The number of esters is 1. The third-order valence-electron chi connectivity index (χ3n) is 3.25. The second-order valence-corrected chi connectivity index (χ2v) is 5.08. The van der Waals surface area contributed by atoms with E-state index in [1.54, 1.807) is 18.2 Å². The van der Waals surface area contributed by atoms with Gasteiger partial charge in [0.25, 0.3) is 17.5 Å². The molecule has 0 atom stereocenters. The van der Waals surface area contributed by atoms with E-state index < -0.39 is 29.3 Å². The first-order chi connectivity index (χ1) is 11.9. The number of hydrogen-bond acceptors (Lipinski definition) is 6. The average Bonchev–Trinajstić information content (AvgIpc) is 2.60. The van der Waals surface area contributed by atoms with E-state index in [0.29, 0.717) is 11.1 Å². The summed E-state index contributed by atoms with van der Waals surface area (Å²) in [7, 11) is 0. The van der Waals surface area contributed by atoms with Gasteiger partial charge < -0.3 is 4.74 Å². The molecule has 0 aromatic heterocycles. The minimum absolute atomic E-state index is 0.0743. The number of imide groups is 1. The summed E-state index contributed by atoms with van der Waals surface area (Å²) < 4.78 is 4.81. The van der Waals surface area contributed by atoms with Crippen LogP contribution in [0.25, 0.3) is 0 Å². The maximum Gasteiger partial charge on any atom is 0.338 e. The molecule has 0 aliphatic carbocycles. The maximum absolute atomic E-state index is 11.9. The Labute approximate surface area is 142 Å². The molecule has 0 saturated carbocycles. The highest BCUT2D eigenvalue weighted by Crippen LogP contribution is 2.19. The smallest absolute Gasteiger partial charge is 0.338 e. The zero-order valence-electron chi connectivity index (χ0n) is 13.2. The van der Waals surface area contributed by atoms with E-state index in [9.17, 15) is 24.5 Å². The van der Waals surface area contributed by atoms with Gasteiger partial charge in [-0.05, 0) is 31.2 Å². The van der Waals surface area contributed by atoms with Gasteiger partial charge in [-0.3, -0.25) is 25.0 Å². The van der Waals surface area contributed by atoms with E-state index in [2.05, 4.69) is 5.32 Å². The largest absolute Gasteiger partial charge is 0.452 e. The first-order valence-electron chi connectivity index (χ1n) is 7.20. The molecule has 0 unspecified atom stereocenters. The molecule has 2 aromatic carbocycles. The Bertz CT molecular complexity index is 832. The molecular formula is C17H14N2O6. The third kappa shape index (κ3) is 4.71. The van der Waals surface area contributed by atoms with E-state index in [1.165, 1.54) is 37.3 Å². The number of amides is 2. The van der Waals surface area contributed by atoms with Crippen molar-refractivity contribution in [3.63, 3.8) is 0 Å². The molecule has 0 aliphatic rings. The number of nitro groups is 1. The van der Waals surface area contributed by atoms with Gasteiger partial charge in [-0.15, -0.1) is 0 Å². The van der Waals surface area contributed by atoms with Crippen LogP contribution in [0.1, 0.15) is 26.3 Å². The van der Waals surface area contributed by atoms with Crippen LogP contribution in [0.3, 0.4) is 0 Å². The first kappa shape index (κ1) is 17.8. The van der Waals surface area contributed by atoms with Gasteiger partial charge in [0.1, 0.15) is 0 Å².